The first-order valence-electron chi connectivity index (χ1n) is 10.7. The summed E-state index contributed by atoms with van der Waals surface area (Å²) in [7, 11) is 0. The maximum atomic E-state index is 14.7. The van der Waals surface area contributed by atoms with Crippen molar-refractivity contribution in [3.8, 4) is 0 Å². The van der Waals surface area contributed by atoms with Gasteiger partial charge < -0.3 is 26.6 Å². The number of alkyl halides is 1. The van der Waals surface area contributed by atoms with E-state index in [1.807, 2.05) is 0 Å². The Balaban J connectivity index is 3.14. The number of rotatable bonds is 10. The first kappa shape index (κ1) is 27.8. The van der Waals surface area contributed by atoms with E-state index in [0.717, 1.165) is 0 Å². The van der Waals surface area contributed by atoms with E-state index in [1.165, 1.54) is 19.9 Å². The Morgan fingerprint density at radius 1 is 1.35 bits per heavy atom. The molecule has 1 amide bonds. The standard InChI is InChI=1S/C23H39ClFN3O3/c1-7-8-9-14(15(25)13-24)18-19(26)16(12-22(2,3)4)28-20(18)21(30)27-11-10-17(29)23(5,6)31/h7-9,16-20,28-29,31H,1,10-13,26H2,2-6H3,(H,27,30)/b9-8-,15-14-/t16-,17-,18+,19?,20+/m0/s1. The fourth-order valence-corrected chi connectivity index (χ4v) is 3.98. The largest absolute Gasteiger partial charge is 0.390 e. The van der Waals surface area contributed by atoms with Crippen molar-refractivity contribution in [1.29, 1.82) is 0 Å². The highest BCUT2D eigenvalue weighted by atomic mass is 35.5. The van der Waals surface area contributed by atoms with E-state index >= 15 is 0 Å². The molecule has 0 radical (unpaired) electrons. The van der Waals surface area contributed by atoms with Crippen LogP contribution in [0.5, 0.6) is 0 Å². The molecule has 1 rings (SSSR count). The molecule has 1 aliphatic heterocycles. The molecule has 0 spiro atoms. The van der Waals surface area contributed by atoms with E-state index in [4.69, 9.17) is 17.3 Å². The molecule has 0 saturated carbocycles. The molecule has 1 fully saturated rings. The number of aliphatic hydroxyl groups excluding tert-OH is 1. The summed E-state index contributed by atoms with van der Waals surface area (Å²) in [6.45, 7) is 13.0. The number of aliphatic hydroxyl groups is 2. The van der Waals surface area contributed by atoms with Crippen molar-refractivity contribution in [2.75, 3.05) is 12.4 Å². The SMILES string of the molecule is C=C/C=C\C(=C(\F)CCl)[C@@H]1C(N)[C@H](CC(C)(C)C)N[C@H]1C(=O)NCC[C@H](O)C(C)(C)O. The van der Waals surface area contributed by atoms with Gasteiger partial charge in [0.15, 0.2) is 0 Å². The average molecular weight is 460 g/mol. The lowest BCUT2D eigenvalue weighted by molar-refractivity contribution is -0.123. The van der Waals surface area contributed by atoms with E-state index in [0.29, 0.717) is 6.42 Å². The molecule has 1 aliphatic rings. The number of nitrogens with two attached hydrogens (primary N) is 1. The summed E-state index contributed by atoms with van der Waals surface area (Å²) in [6.07, 6.45) is 4.58. The molecule has 6 N–H and O–H groups in total. The molecule has 0 aromatic rings. The summed E-state index contributed by atoms with van der Waals surface area (Å²) in [4.78, 5) is 13.0. The van der Waals surface area contributed by atoms with Crippen LogP contribution in [0.3, 0.4) is 0 Å². The van der Waals surface area contributed by atoms with Gasteiger partial charge in [-0.15, -0.1) is 11.6 Å². The van der Waals surface area contributed by atoms with Gasteiger partial charge >= 0.3 is 0 Å². The van der Waals surface area contributed by atoms with Crippen LogP contribution in [0.1, 0.15) is 47.5 Å². The maximum absolute atomic E-state index is 14.7. The van der Waals surface area contributed by atoms with Crippen molar-refractivity contribution in [1.82, 2.24) is 10.6 Å². The van der Waals surface area contributed by atoms with Gasteiger partial charge in [0.05, 0.1) is 23.6 Å². The molecule has 178 valence electrons. The van der Waals surface area contributed by atoms with Crippen LogP contribution in [0, 0.1) is 11.3 Å². The van der Waals surface area contributed by atoms with Crippen LogP contribution >= 0.6 is 11.6 Å². The van der Waals surface area contributed by atoms with Crippen molar-refractivity contribution in [2.24, 2.45) is 17.1 Å². The molecule has 0 aromatic heterocycles. The van der Waals surface area contributed by atoms with E-state index in [9.17, 15) is 19.4 Å². The van der Waals surface area contributed by atoms with Crippen LogP contribution in [0.2, 0.25) is 0 Å². The number of allylic oxidation sites excluding steroid dienone is 4. The summed E-state index contributed by atoms with van der Waals surface area (Å²) >= 11 is 5.78. The Labute approximate surface area is 190 Å². The molecule has 31 heavy (non-hydrogen) atoms. The average Bonchev–Trinajstić information content (AvgIpc) is 2.95. The number of amides is 1. The minimum absolute atomic E-state index is 0.0477. The monoisotopic (exact) mass is 459 g/mol. The van der Waals surface area contributed by atoms with Crippen LogP contribution < -0.4 is 16.4 Å². The fraction of sp³-hybridized carbons (Fsp3) is 0.696. The van der Waals surface area contributed by atoms with Crippen molar-refractivity contribution in [2.45, 2.75) is 77.3 Å². The third kappa shape index (κ3) is 8.31. The van der Waals surface area contributed by atoms with E-state index < -0.39 is 35.5 Å². The number of nitrogens with one attached hydrogen (secondary N) is 2. The Bertz CT molecular complexity index is 683. The van der Waals surface area contributed by atoms with Gasteiger partial charge in [0, 0.05) is 24.5 Å². The second-order valence-electron chi connectivity index (χ2n) is 9.96. The van der Waals surface area contributed by atoms with Crippen LogP contribution in [0.15, 0.2) is 36.2 Å². The zero-order chi connectivity index (χ0) is 24.0. The first-order chi connectivity index (χ1) is 14.2. The van der Waals surface area contributed by atoms with Crippen LogP contribution in [0.25, 0.3) is 0 Å². The van der Waals surface area contributed by atoms with Gasteiger partial charge in [-0.1, -0.05) is 45.6 Å². The molecular formula is C23H39ClFN3O3. The highest BCUT2D eigenvalue weighted by molar-refractivity contribution is 6.19. The first-order valence-corrected chi connectivity index (χ1v) is 11.2. The highest BCUT2D eigenvalue weighted by Gasteiger charge is 2.47. The van der Waals surface area contributed by atoms with Crippen LogP contribution in [-0.4, -0.2) is 58.4 Å². The highest BCUT2D eigenvalue weighted by Crippen LogP contribution is 2.35. The number of carbonyl (C=O) groups excluding carboxylic acids is 1. The summed E-state index contributed by atoms with van der Waals surface area (Å²) in [5.41, 5.74) is 5.50. The Morgan fingerprint density at radius 2 is 1.97 bits per heavy atom. The predicted molar refractivity (Wildman–Crippen MR) is 124 cm³/mol. The minimum Gasteiger partial charge on any atom is -0.390 e. The topological polar surface area (TPSA) is 108 Å². The smallest absolute Gasteiger partial charge is 0.237 e. The molecule has 1 unspecified atom stereocenters. The summed E-state index contributed by atoms with van der Waals surface area (Å²) in [5, 5.41) is 25.9. The molecule has 5 atom stereocenters. The quantitative estimate of drug-likeness (QED) is 0.255. The Kier molecular flexibility index (Phi) is 10.4. The second-order valence-corrected chi connectivity index (χ2v) is 10.2. The van der Waals surface area contributed by atoms with Crippen molar-refractivity contribution in [3.63, 3.8) is 0 Å². The third-order valence-corrected chi connectivity index (χ3v) is 5.72. The van der Waals surface area contributed by atoms with Gasteiger partial charge in [-0.2, -0.15) is 0 Å². The second kappa shape index (κ2) is 11.6. The zero-order valence-corrected chi connectivity index (χ0v) is 20.0. The minimum atomic E-state index is -1.27. The van der Waals surface area contributed by atoms with Crippen molar-refractivity contribution in [3.05, 3.63) is 36.2 Å². The molecule has 8 heteroatoms. The number of halogens is 2. The van der Waals surface area contributed by atoms with Crippen LogP contribution in [-0.2, 0) is 4.79 Å². The molecule has 0 bridgehead atoms. The lowest BCUT2D eigenvalue weighted by atomic mass is 9.81. The molecule has 6 nitrogen and oxygen atoms in total. The lowest BCUT2D eigenvalue weighted by Crippen LogP contribution is -2.47. The van der Waals surface area contributed by atoms with Crippen LogP contribution in [0.4, 0.5) is 4.39 Å². The van der Waals surface area contributed by atoms with Gasteiger partial charge in [0.2, 0.25) is 5.91 Å². The molecule has 0 aromatic carbocycles. The number of hydrogen-bond acceptors (Lipinski definition) is 5. The van der Waals surface area contributed by atoms with E-state index in [1.54, 1.807) is 12.2 Å². The van der Waals surface area contributed by atoms with Gasteiger partial charge in [0.1, 0.15) is 5.83 Å². The van der Waals surface area contributed by atoms with E-state index in [2.05, 4.69) is 38.0 Å². The maximum Gasteiger partial charge on any atom is 0.237 e. The third-order valence-electron chi connectivity index (χ3n) is 5.48. The zero-order valence-electron chi connectivity index (χ0n) is 19.3. The summed E-state index contributed by atoms with van der Waals surface area (Å²) in [5.74, 6) is -1.82. The van der Waals surface area contributed by atoms with Gasteiger partial charge in [-0.25, -0.2) is 4.39 Å². The molecule has 1 saturated heterocycles. The van der Waals surface area contributed by atoms with Gasteiger partial charge in [-0.05, 0) is 37.7 Å². The van der Waals surface area contributed by atoms with Gasteiger partial charge in [0.25, 0.3) is 0 Å². The lowest BCUT2D eigenvalue weighted by Gasteiger charge is -2.27. The number of carbonyl (C=O) groups is 1. The molecular weight excluding hydrogens is 421 g/mol. The van der Waals surface area contributed by atoms with Gasteiger partial charge in [-0.3, -0.25) is 4.79 Å². The molecule has 1 heterocycles. The summed E-state index contributed by atoms with van der Waals surface area (Å²) in [6, 6.07) is -1.46. The predicted octanol–water partition coefficient (Wildman–Crippen LogP) is 2.55. The fourth-order valence-electron chi connectivity index (χ4n) is 3.82. The Morgan fingerprint density at radius 3 is 2.45 bits per heavy atom. The summed E-state index contributed by atoms with van der Waals surface area (Å²) < 4.78 is 14.7. The van der Waals surface area contributed by atoms with Crippen molar-refractivity contribution >= 4 is 17.5 Å². The van der Waals surface area contributed by atoms with Crippen molar-refractivity contribution < 1.29 is 19.4 Å². The number of hydrogen-bond donors (Lipinski definition) is 5. The Hall–Kier alpha value is -1.25. The molecule has 0 aliphatic carbocycles. The normalized spacial score (nSPS) is 26.6. The van der Waals surface area contributed by atoms with E-state index in [-0.39, 0.29) is 41.8 Å².